The van der Waals surface area contributed by atoms with E-state index in [0.29, 0.717) is 0 Å². The van der Waals surface area contributed by atoms with E-state index in [4.69, 9.17) is 0 Å². The number of rotatable bonds is 0. The second-order valence-electron chi connectivity index (χ2n) is 6.22. The summed E-state index contributed by atoms with van der Waals surface area (Å²) in [6.07, 6.45) is 16.0. The minimum absolute atomic E-state index is 0.810. The van der Waals surface area contributed by atoms with Crippen LogP contribution < -0.4 is 0 Å². The van der Waals surface area contributed by atoms with Crippen LogP contribution in [0, 0.1) is 0 Å². The zero-order chi connectivity index (χ0) is 26.4. The average Bonchev–Trinajstić information content (AvgIpc) is 3.01. The van der Waals surface area contributed by atoms with E-state index in [9.17, 15) is 0 Å². The van der Waals surface area contributed by atoms with E-state index in [1.807, 2.05) is 109 Å². The molecule has 0 aliphatic carbocycles. The first-order valence-electron chi connectivity index (χ1n) is 12.3. The summed E-state index contributed by atoms with van der Waals surface area (Å²) in [5.74, 6) is 0. The van der Waals surface area contributed by atoms with Crippen molar-refractivity contribution < 1.29 is 0 Å². The van der Waals surface area contributed by atoms with Gasteiger partial charge in [-0.2, -0.15) is 0 Å². The summed E-state index contributed by atoms with van der Waals surface area (Å²) in [4.78, 5) is 24.2. The molecule has 0 saturated heterocycles. The zero-order valence-corrected chi connectivity index (χ0v) is 22.1. The zero-order valence-electron chi connectivity index (χ0n) is 22.1. The van der Waals surface area contributed by atoms with Crippen molar-refractivity contribution in [3.63, 3.8) is 0 Å². The normalized spacial score (nSPS) is 8.83. The van der Waals surface area contributed by atoms with Crippen LogP contribution in [0.1, 0.15) is 41.5 Å². The maximum absolute atomic E-state index is 4.12. The van der Waals surface area contributed by atoms with E-state index in [1.165, 1.54) is 5.39 Å². The van der Waals surface area contributed by atoms with Gasteiger partial charge in [-0.05, 0) is 53.9 Å². The predicted molar refractivity (Wildman–Crippen MR) is 153 cm³/mol. The third-order valence-electron chi connectivity index (χ3n) is 4.22. The van der Waals surface area contributed by atoms with Gasteiger partial charge in [-0.25, -0.2) is 9.97 Å². The maximum atomic E-state index is 4.12. The summed E-state index contributed by atoms with van der Waals surface area (Å²) in [7, 11) is 0. The Morgan fingerprint density at radius 2 is 0.833 bits per heavy atom. The number of hydrogen-bond donors (Lipinski definition) is 0. The number of fused-ring (bicyclic) bond motifs is 3. The van der Waals surface area contributed by atoms with Crippen LogP contribution in [0.3, 0.4) is 0 Å². The van der Waals surface area contributed by atoms with Crippen LogP contribution in [0.25, 0.3) is 32.7 Å². The van der Waals surface area contributed by atoms with Gasteiger partial charge in [0.25, 0.3) is 0 Å². The number of pyridine rings is 6. The van der Waals surface area contributed by atoms with E-state index in [-0.39, 0.29) is 0 Å². The standard InChI is InChI=1S/3C8H6N2.3C2H6/c1-3-9-5-8-6-10-4-2-7(1)8;1-3-7-4-2-6-10-8(7)9-5-1;1-2-7-3-5-9-6-8(7)10-4-1;3*1-2/h3*1-6H;3*1-2H3. The lowest BCUT2D eigenvalue weighted by atomic mass is 10.2. The maximum Gasteiger partial charge on any atom is 0.159 e. The molecule has 6 aromatic heterocycles. The summed E-state index contributed by atoms with van der Waals surface area (Å²) >= 11 is 0. The molecule has 6 nitrogen and oxygen atoms in total. The highest BCUT2D eigenvalue weighted by Crippen LogP contribution is 2.08. The molecule has 0 aliphatic heterocycles. The second kappa shape index (κ2) is 19.0. The molecule has 0 amide bonds. The lowest BCUT2D eigenvalue weighted by Crippen LogP contribution is -1.78. The van der Waals surface area contributed by atoms with Crippen molar-refractivity contribution in [2.24, 2.45) is 0 Å². The molecule has 0 saturated carbocycles. The Bertz CT molecular complexity index is 1010. The van der Waals surface area contributed by atoms with Gasteiger partial charge in [-0.3, -0.25) is 19.9 Å². The molecule has 0 spiro atoms. The van der Waals surface area contributed by atoms with Gasteiger partial charge in [-0.15, -0.1) is 0 Å². The molecule has 6 rings (SSSR count). The van der Waals surface area contributed by atoms with Gasteiger partial charge >= 0.3 is 0 Å². The first-order chi connectivity index (χ1) is 17.9. The lowest BCUT2D eigenvalue weighted by molar-refractivity contribution is 1.29. The van der Waals surface area contributed by atoms with Crippen molar-refractivity contribution in [3.05, 3.63) is 110 Å². The fraction of sp³-hybridized carbons (Fsp3) is 0.200. The van der Waals surface area contributed by atoms with Gasteiger partial charge in [0.15, 0.2) is 5.65 Å². The number of hydrogen-bond acceptors (Lipinski definition) is 6. The van der Waals surface area contributed by atoms with Gasteiger partial charge < -0.3 is 0 Å². The van der Waals surface area contributed by atoms with Crippen molar-refractivity contribution in [2.45, 2.75) is 41.5 Å². The molecule has 0 unspecified atom stereocenters. The van der Waals surface area contributed by atoms with Crippen LogP contribution in [0.15, 0.2) is 110 Å². The Kier molecular flexibility index (Phi) is 15.7. The fourth-order valence-electron chi connectivity index (χ4n) is 2.75. The third-order valence-corrected chi connectivity index (χ3v) is 4.22. The first-order valence-corrected chi connectivity index (χ1v) is 12.3. The lowest BCUT2D eigenvalue weighted by Gasteiger charge is -1.91. The first kappa shape index (κ1) is 29.7. The summed E-state index contributed by atoms with van der Waals surface area (Å²) < 4.78 is 0. The van der Waals surface area contributed by atoms with Crippen LogP contribution in [-0.4, -0.2) is 29.9 Å². The smallest absolute Gasteiger partial charge is 0.159 e. The van der Waals surface area contributed by atoms with Crippen LogP contribution in [0.5, 0.6) is 0 Å². The van der Waals surface area contributed by atoms with Crippen molar-refractivity contribution in [1.82, 2.24) is 29.9 Å². The summed E-state index contributed by atoms with van der Waals surface area (Å²) in [6.45, 7) is 12.0. The molecule has 0 aliphatic rings. The van der Waals surface area contributed by atoms with Crippen molar-refractivity contribution in [1.29, 1.82) is 0 Å². The van der Waals surface area contributed by atoms with E-state index in [0.717, 1.165) is 27.3 Å². The van der Waals surface area contributed by atoms with E-state index in [2.05, 4.69) is 29.9 Å². The molecule has 36 heavy (non-hydrogen) atoms. The van der Waals surface area contributed by atoms with Crippen molar-refractivity contribution in [2.75, 3.05) is 0 Å². The highest BCUT2D eigenvalue weighted by atomic mass is 14.8. The van der Waals surface area contributed by atoms with Crippen molar-refractivity contribution >= 4 is 32.7 Å². The molecule has 0 aromatic carbocycles. The van der Waals surface area contributed by atoms with Gasteiger partial charge in [0.05, 0.1) is 11.7 Å². The molecule has 0 radical (unpaired) electrons. The molecule has 0 fully saturated rings. The van der Waals surface area contributed by atoms with E-state index in [1.54, 1.807) is 43.4 Å². The molecular formula is C30H36N6. The Balaban J connectivity index is 0.000000244. The monoisotopic (exact) mass is 480 g/mol. The highest BCUT2D eigenvalue weighted by Gasteiger charge is 1.89. The topological polar surface area (TPSA) is 77.3 Å². The molecule has 6 heteroatoms. The largest absolute Gasteiger partial charge is 0.264 e. The molecule has 0 N–H and O–H groups in total. The minimum Gasteiger partial charge on any atom is -0.264 e. The quantitative estimate of drug-likeness (QED) is 0.219. The van der Waals surface area contributed by atoms with Gasteiger partial charge in [0.1, 0.15) is 0 Å². The number of aromatic nitrogens is 6. The Morgan fingerprint density at radius 3 is 1.31 bits per heavy atom. The van der Waals surface area contributed by atoms with Crippen LogP contribution >= 0.6 is 0 Å². The second-order valence-corrected chi connectivity index (χ2v) is 6.22. The SMILES string of the molecule is CC.CC.CC.c1cc2ccncc2cn1.c1cnc2cnccc2c1.c1cnc2ncccc2c1. The Labute approximate surface area is 214 Å². The molecule has 186 valence electrons. The van der Waals surface area contributed by atoms with Crippen LogP contribution in [0.4, 0.5) is 0 Å². The molecule has 0 bridgehead atoms. The predicted octanol–water partition coefficient (Wildman–Crippen LogP) is 7.97. The fourth-order valence-corrected chi connectivity index (χ4v) is 2.75. The summed E-state index contributed by atoms with van der Waals surface area (Å²) in [5.41, 5.74) is 1.76. The molecule has 0 atom stereocenters. The third kappa shape index (κ3) is 9.89. The van der Waals surface area contributed by atoms with Gasteiger partial charge in [0, 0.05) is 65.7 Å². The number of nitrogens with zero attached hydrogens (tertiary/aromatic N) is 6. The van der Waals surface area contributed by atoms with Crippen LogP contribution in [-0.2, 0) is 0 Å². The summed E-state index contributed by atoms with van der Waals surface area (Å²) in [6, 6.07) is 17.6. The molecular weight excluding hydrogens is 444 g/mol. The Morgan fingerprint density at radius 1 is 0.389 bits per heavy atom. The van der Waals surface area contributed by atoms with Crippen LogP contribution in [0.2, 0.25) is 0 Å². The molecule has 6 heterocycles. The van der Waals surface area contributed by atoms with Gasteiger partial charge in [0.2, 0.25) is 0 Å². The summed E-state index contributed by atoms with van der Waals surface area (Å²) in [5, 5.41) is 4.50. The van der Waals surface area contributed by atoms with Gasteiger partial charge in [-0.1, -0.05) is 47.6 Å². The Hall–Kier alpha value is -4.32. The van der Waals surface area contributed by atoms with E-state index >= 15 is 0 Å². The van der Waals surface area contributed by atoms with Crippen molar-refractivity contribution in [3.8, 4) is 0 Å². The minimum atomic E-state index is 0.810. The molecule has 6 aromatic rings. The highest BCUT2D eigenvalue weighted by molar-refractivity contribution is 5.80. The van der Waals surface area contributed by atoms with E-state index < -0.39 is 0 Å². The average molecular weight is 481 g/mol.